The molecule has 4 heteroatoms. The summed E-state index contributed by atoms with van der Waals surface area (Å²) in [5.41, 5.74) is 1.03. The number of nitrogens with one attached hydrogen (secondary N) is 1. The molecule has 21 heavy (non-hydrogen) atoms. The van der Waals surface area contributed by atoms with E-state index in [-0.39, 0.29) is 12.5 Å². The number of rotatable bonds is 4. The fourth-order valence-corrected chi connectivity index (χ4v) is 3.71. The Labute approximate surface area is 130 Å². The molecule has 1 aromatic rings. The molecule has 1 aromatic heterocycles. The van der Waals surface area contributed by atoms with Gasteiger partial charge in [0.15, 0.2) is 0 Å². The average molecular weight is 305 g/mol. The van der Waals surface area contributed by atoms with E-state index in [1.54, 1.807) is 0 Å². The van der Waals surface area contributed by atoms with Gasteiger partial charge in [0.25, 0.3) is 5.91 Å². The first kappa shape index (κ1) is 16.1. The van der Waals surface area contributed by atoms with Gasteiger partial charge < -0.3 is 10.4 Å². The maximum Gasteiger partial charge on any atom is 0.261 e. The zero-order valence-corrected chi connectivity index (χ0v) is 13.6. The number of carbonyl (C=O) groups excluding carboxylic acids is 1. The van der Waals surface area contributed by atoms with E-state index in [2.05, 4.69) is 24.1 Å². The quantitative estimate of drug-likeness (QED) is 0.840. The smallest absolute Gasteiger partial charge is 0.261 e. The van der Waals surface area contributed by atoms with E-state index >= 15 is 0 Å². The summed E-state index contributed by atoms with van der Waals surface area (Å²) in [6, 6.07) is 1.90. The Kier molecular flexibility index (Phi) is 5.84. The number of hydrogen-bond donors (Lipinski definition) is 2. The van der Waals surface area contributed by atoms with Gasteiger partial charge in [-0.05, 0) is 43.2 Å². The largest absolute Gasteiger partial charge is 0.395 e. The van der Waals surface area contributed by atoms with Crippen LogP contribution in [0, 0.1) is 30.6 Å². The van der Waals surface area contributed by atoms with Gasteiger partial charge in [-0.1, -0.05) is 25.2 Å². The topological polar surface area (TPSA) is 49.3 Å². The molecule has 1 aliphatic rings. The van der Waals surface area contributed by atoms with E-state index in [1.807, 2.05) is 13.0 Å². The number of amides is 1. The molecule has 0 saturated heterocycles. The highest BCUT2D eigenvalue weighted by atomic mass is 32.1. The summed E-state index contributed by atoms with van der Waals surface area (Å²) in [7, 11) is 0. The molecule has 1 fully saturated rings. The Morgan fingerprint density at radius 1 is 1.52 bits per heavy atom. The van der Waals surface area contributed by atoms with Gasteiger partial charge >= 0.3 is 0 Å². The van der Waals surface area contributed by atoms with E-state index in [4.69, 9.17) is 5.11 Å². The van der Waals surface area contributed by atoms with Crippen molar-refractivity contribution in [3.8, 4) is 11.8 Å². The van der Waals surface area contributed by atoms with Gasteiger partial charge in [-0.15, -0.1) is 11.3 Å². The van der Waals surface area contributed by atoms with E-state index in [0.29, 0.717) is 12.3 Å². The van der Waals surface area contributed by atoms with Crippen LogP contribution >= 0.6 is 11.3 Å². The zero-order valence-electron chi connectivity index (χ0n) is 12.7. The van der Waals surface area contributed by atoms with Gasteiger partial charge in [0.2, 0.25) is 0 Å². The molecule has 1 heterocycles. The Balaban J connectivity index is 1.91. The Hall–Kier alpha value is -1.31. The summed E-state index contributed by atoms with van der Waals surface area (Å²) >= 11 is 1.43. The highest BCUT2D eigenvalue weighted by Gasteiger charge is 2.22. The van der Waals surface area contributed by atoms with Crippen LogP contribution in [0.4, 0.5) is 0 Å². The third-order valence-electron chi connectivity index (χ3n) is 3.94. The molecule has 1 amide bonds. The van der Waals surface area contributed by atoms with Gasteiger partial charge in [0.1, 0.15) is 0 Å². The van der Waals surface area contributed by atoms with Crippen molar-refractivity contribution in [2.24, 2.45) is 11.8 Å². The summed E-state index contributed by atoms with van der Waals surface area (Å²) in [6.07, 6.45) is 4.20. The monoisotopic (exact) mass is 305 g/mol. The molecule has 3 nitrogen and oxygen atoms in total. The van der Waals surface area contributed by atoms with Gasteiger partial charge in [0.05, 0.1) is 16.4 Å². The second kappa shape index (κ2) is 7.63. The molecular weight excluding hydrogens is 282 g/mol. The predicted molar refractivity (Wildman–Crippen MR) is 86.5 cm³/mol. The summed E-state index contributed by atoms with van der Waals surface area (Å²) in [4.78, 5) is 13.8. The zero-order chi connectivity index (χ0) is 15.2. The molecule has 114 valence electrons. The first-order chi connectivity index (χ1) is 10.1. The Morgan fingerprint density at radius 2 is 2.33 bits per heavy atom. The molecule has 1 aliphatic carbocycles. The number of aryl methyl sites for hydroxylation is 1. The average Bonchev–Trinajstić information content (AvgIpc) is 3.03. The van der Waals surface area contributed by atoms with Gasteiger partial charge in [-0.2, -0.15) is 0 Å². The van der Waals surface area contributed by atoms with Crippen LogP contribution in [0.1, 0.15) is 52.7 Å². The molecule has 1 saturated carbocycles. The van der Waals surface area contributed by atoms with Crippen molar-refractivity contribution in [1.82, 2.24) is 5.32 Å². The van der Waals surface area contributed by atoms with Crippen LogP contribution in [0.5, 0.6) is 0 Å². The van der Waals surface area contributed by atoms with Gasteiger partial charge in [0, 0.05) is 13.0 Å². The van der Waals surface area contributed by atoms with E-state index < -0.39 is 0 Å². The number of aliphatic hydroxyl groups is 1. The maximum absolute atomic E-state index is 12.2. The minimum atomic E-state index is 0.0119. The SMILES string of the molecule is Cc1cc(C(=O)NCC2CCC(C)C2)sc1C#CCCO. The van der Waals surface area contributed by atoms with Crippen LogP contribution in [-0.2, 0) is 0 Å². The van der Waals surface area contributed by atoms with Crippen LogP contribution < -0.4 is 5.32 Å². The lowest BCUT2D eigenvalue weighted by molar-refractivity contribution is 0.0951. The number of aliphatic hydroxyl groups excluding tert-OH is 1. The van der Waals surface area contributed by atoms with Gasteiger partial charge in [-0.3, -0.25) is 4.79 Å². The summed E-state index contributed by atoms with van der Waals surface area (Å²) in [5.74, 6) is 7.37. The Morgan fingerprint density at radius 3 is 3.00 bits per heavy atom. The second-order valence-electron chi connectivity index (χ2n) is 5.89. The molecule has 2 atom stereocenters. The van der Waals surface area contributed by atoms with Crippen molar-refractivity contribution >= 4 is 17.2 Å². The van der Waals surface area contributed by atoms with Crippen LogP contribution in [0.25, 0.3) is 0 Å². The lowest BCUT2D eigenvalue weighted by Gasteiger charge is -2.10. The van der Waals surface area contributed by atoms with Gasteiger partial charge in [-0.25, -0.2) is 0 Å². The highest BCUT2D eigenvalue weighted by molar-refractivity contribution is 7.14. The van der Waals surface area contributed by atoms with Crippen molar-refractivity contribution in [3.63, 3.8) is 0 Å². The fraction of sp³-hybridized carbons (Fsp3) is 0.588. The van der Waals surface area contributed by atoms with E-state index in [1.165, 1.54) is 30.6 Å². The highest BCUT2D eigenvalue weighted by Crippen LogP contribution is 2.29. The summed E-state index contributed by atoms with van der Waals surface area (Å²) in [6.45, 7) is 5.10. The third-order valence-corrected chi connectivity index (χ3v) is 5.09. The molecule has 2 N–H and O–H groups in total. The third kappa shape index (κ3) is 4.59. The number of thiophene rings is 1. The minimum absolute atomic E-state index is 0.0119. The first-order valence-corrected chi connectivity index (χ1v) is 8.40. The molecule has 0 bridgehead atoms. The lowest BCUT2D eigenvalue weighted by Crippen LogP contribution is -2.27. The second-order valence-corrected chi connectivity index (χ2v) is 6.94. The standard InChI is InChI=1S/C17H23NO2S/c1-12-6-7-14(9-12)11-18-17(20)16-10-13(2)15(21-16)5-3-4-8-19/h10,12,14,19H,4,6-9,11H2,1-2H3,(H,18,20). The predicted octanol–water partition coefficient (Wildman–Crippen LogP) is 2.96. The van der Waals surface area contributed by atoms with Crippen molar-refractivity contribution in [2.75, 3.05) is 13.2 Å². The van der Waals surface area contributed by atoms with Crippen molar-refractivity contribution in [2.45, 2.75) is 39.5 Å². The minimum Gasteiger partial charge on any atom is -0.395 e. The molecule has 0 aliphatic heterocycles. The van der Waals surface area contributed by atoms with Crippen molar-refractivity contribution < 1.29 is 9.90 Å². The molecule has 2 unspecified atom stereocenters. The van der Waals surface area contributed by atoms with Crippen LogP contribution in [0.15, 0.2) is 6.07 Å². The molecule has 0 radical (unpaired) electrons. The van der Waals surface area contributed by atoms with E-state index in [9.17, 15) is 4.79 Å². The molecule has 2 rings (SSSR count). The van der Waals surface area contributed by atoms with Crippen molar-refractivity contribution in [1.29, 1.82) is 0 Å². The van der Waals surface area contributed by atoms with Crippen molar-refractivity contribution in [3.05, 3.63) is 21.4 Å². The fourth-order valence-electron chi connectivity index (χ4n) is 2.75. The first-order valence-electron chi connectivity index (χ1n) is 7.58. The summed E-state index contributed by atoms with van der Waals surface area (Å²) < 4.78 is 0. The molecule has 0 spiro atoms. The van der Waals surface area contributed by atoms with Crippen LogP contribution in [-0.4, -0.2) is 24.2 Å². The molecular formula is C17H23NO2S. The maximum atomic E-state index is 12.2. The summed E-state index contributed by atoms with van der Waals surface area (Å²) in [5, 5.41) is 11.8. The van der Waals surface area contributed by atoms with Crippen LogP contribution in [0.3, 0.4) is 0 Å². The van der Waals surface area contributed by atoms with E-state index in [0.717, 1.165) is 27.8 Å². The number of carbonyl (C=O) groups is 1. The molecule has 0 aromatic carbocycles. The Bertz CT molecular complexity index is 553. The normalized spacial score (nSPS) is 20.9. The lowest BCUT2D eigenvalue weighted by atomic mass is 10.1. The number of hydrogen-bond acceptors (Lipinski definition) is 3. The van der Waals surface area contributed by atoms with Crippen LogP contribution in [0.2, 0.25) is 0 Å².